The van der Waals surface area contributed by atoms with E-state index in [1.165, 1.54) is 23.1 Å². The van der Waals surface area contributed by atoms with Gasteiger partial charge in [0.05, 0.1) is 21.2 Å². The molecule has 9 heteroatoms. The topological polar surface area (TPSA) is 94.3 Å². The van der Waals surface area contributed by atoms with Crippen molar-refractivity contribution in [2.75, 3.05) is 11.1 Å². The van der Waals surface area contributed by atoms with Crippen molar-refractivity contribution in [2.45, 2.75) is 17.7 Å². The van der Waals surface area contributed by atoms with E-state index < -0.39 is 5.91 Å². The lowest BCUT2D eigenvalue weighted by molar-refractivity contribution is -0.115. The molecule has 0 bridgehead atoms. The number of carbonyl (C=O) groups is 2. The average Bonchev–Trinajstić information content (AvgIpc) is 3.05. The Hall–Kier alpha value is -2.55. The minimum absolute atomic E-state index is 0.164. The molecule has 0 aliphatic carbocycles. The van der Waals surface area contributed by atoms with Gasteiger partial charge in [0, 0.05) is 5.02 Å². The fraction of sp³-hybridized carbons (Fsp3) is 0.150. The van der Waals surface area contributed by atoms with Crippen LogP contribution in [0.1, 0.15) is 21.6 Å². The molecule has 29 heavy (non-hydrogen) atoms. The Morgan fingerprint density at radius 1 is 1.21 bits per heavy atom. The van der Waals surface area contributed by atoms with Crippen LogP contribution < -0.4 is 15.8 Å². The third-order valence-corrected chi connectivity index (χ3v) is 6.47. The van der Waals surface area contributed by atoms with Gasteiger partial charge in [0.15, 0.2) is 5.13 Å². The van der Waals surface area contributed by atoms with Gasteiger partial charge >= 0.3 is 0 Å². The molecule has 0 radical (unpaired) electrons. The first kappa shape index (κ1) is 21.2. The summed E-state index contributed by atoms with van der Waals surface area (Å²) in [5.74, 6) is -0.0914. The third-order valence-electron chi connectivity index (χ3n) is 3.76. The van der Waals surface area contributed by atoms with Crippen LogP contribution >= 0.6 is 34.7 Å². The fourth-order valence-electron chi connectivity index (χ4n) is 2.39. The van der Waals surface area contributed by atoms with Crippen LogP contribution in [0.3, 0.4) is 0 Å². The number of hydrogen-bond donors (Lipinski definition) is 2. The highest BCUT2D eigenvalue weighted by Gasteiger charge is 2.16. The molecule has 0 fully saturated rings. The zero-order chi connectivity index (χ0) is 20.8. The lowest BCUT2D eigenvalue weighted by atomic mass is 10.2. The minimum atomic E-state index is -0.403. The largest absolute Gasteiger partial charge is 0.488 e. The third kappa shape index (κ3) is 5.96. The van der Waals surface area contributed by atoms with Crippen molar-refractivity contribution in [3.8, 4) is 5.75 Å². The molecule has 0 saturated carbocycles. The smallest absolute Gasteiger partial charge is 0.261 e. The number of para-hydroxylation sites is 1. The number of nitrogens with one attached hydrogen (secondary N) is 1. The number of benzene rings is 2. The normalized spacial score (nSPS) is 10.6. The van der Waals surface area contributed by atoms with Gasteiger partial charge in [0.1, 0.15) is 12.4 Å². The van der Waals surface area contributed by atoms with Crippen LogP contribution in [-0.2, 0) is 11.4 Å². The van der Waals surface area contributed by atoms with Crippen LogP contribution in [-0.4, -0.2) is 22.6 Å². The minimum Gasteiger partial charge on any atom is -0.488 e. The van der Waals surface area contributed by atoms with E-state index >= 15 is 0 Å². The maximum Gasteiger partial charge on any atom is 0.261 e. The highest BCUT2D eigenvalue weighted by molar-refractivity contribution is 8.01. The molecule has 3 aromatic rings. The molecule has 1 heterocycles. The number of aryl methyl sites for hydroxylation is 1. The number of nitrogens with two attached hydrogens (primary N) is 1. The SMILES string of the molecule is Cc1nc(NC(=O)c2ccccc2OCc2ccc(Cl)cc2)sc1SCC(N)=O. The zero-order valence-corrected chi connectivity index (χ0v) is 17.9. The van der Waals surface area contributed by atoms with Gasteiger partial charge < -0.3 is 10.5 Å². The molecule has 150 valence electrons. The summed E-state index contributed by atoms with van der Waals surface area (Å²) in [6.07, 6.45) is 0. The van der Waals surface area contributed by atoms with Gasteiger partial charge in [-0.05, 0) is 36.8 Å². The second kappa shape index (κ2) is 9.78. The summed E-state index contributed by atoms with van der Waals surface area (Å²) in [4.78, 5) is 28.1. The first-order valence-corrected chi connectivity index (χ1v) is 10.8. The summed E-state index contributed by atoms with van der Waals surface area (Å²) in [5.41, 5.74) is 7.27. The molecule has 3 rings (SSSR count). The van der Waals surface area contributed by atoms with Gasteiger partial charge in [-0.1, -0.05) is 47.2 Å². The van der Waals surface area contributed by atoms with E-state index in [4.69, 9.17) is 22.1 Å². The van der Waals surface area contributed by atoms with E-state index in [-0.39, 0.29) is 11.7 Å². The lowest BCUT2D eigenvalue weighted by Crippen LogP contribution is -2.13. The number of ether oxygens (including phenoxy) is 1. The van der Waals surface area contributed by atoms with Crippen LogP contribution in [0.5, 0.6) is 5.75 Å². The Morgan fingerprint density at radius 3 is 2.66 bits per heavy atom. The summed E-state index contributed by atoms with van der Waals surface area (Å²) < 4.78 is 6.68. The first-order chi connectivity index (χ1) is 13.9. The van der Waals surface area contributed by atoms with Gasteiger partial charge in [0.25, 0.3) is 5.91 Å². The lowest BCUT2D eigenvalue weighted by Gasteiger charge is -2.11. The highest BCUT2D eigenvalue weighted by atomic mass is 35.5. The standard InChI is InChI=1S/C20H18ClN3O3S2/c1-12-19(28-11-17(22)25)29-20(23-12)24-18(26)15-4-2-3-5-16(15)27-10-13-6-8-14(21)9-7-13/h2-9H,10-11H2,1H3,(H2,22,25)(H,23,24,26). The summed E-state index contributed by atoms with van der Waals surface area (Å²) in [7, 11) is 0. The van der Waals surface area contributed by atoms with Gasteiger partial charge in [-0.15, -0.1) is 11.8 Å². The summed E-state index contributed by atoms with van der Waals surface area (Å²) in [5, 5.41) is 3.90. The van der Waals surface area contributed by atoms with E-state index in [2.05, 4.69) is 10.3 Å². The summed E-state index contributed by atoms with van der Waals surface area (Å²) >= 11 is 8.50. The van der Waals surface area contributed by atoms with E-state index in [0.29, 0.717) is 28.1 Å². The average molecular weight is 448 g/mol. The summed E-state index contributed by atoms with van der Waals surface area (Å²) in [6, 6.07) is 14.3. The molecule has 0 aliphatic heterocycles. The molecule has 0 atom stereocenters. The second-order valence-electron chi connectivity index (χ2n) is 6.01. The van der Waals surface area contributed by atoms with Crippen molar-refractivity contribution in [1.29, 1.82) is 0 Å². The molecule has 1 aromatic heterocycles. The van der Waals surface area contributed by atoms with Crippen molar-refractivity contribution in [1.82, 2.24) is 4.98 Å². The van der Waals surface area contributed by atoms with Crippen LogP contribution in [0, 0.1) is 6.92 Å². The number of nitrogens with zero attached hydrogens (tertiary/aromatic N) is 1. The maximum atomic E-state index is 12.8. The quantitative estimate of drug-likeness (QED) is 0.495. The monoisotopic (exact) mass is 447 g/mol. The Labute approximate surface area is 181 Å². The number of rotatable bonds is 8. The number of thioether (sulfide) groups is 1. The van der Waals surface area contributed by atoms with Crippen molar-refractivity contribution in [2.24, 2.45) is 5.73 Å². The summed E-state index contributed by atoms with van der Waals surface area (Å²) in [6.45, 7) is 2.13. The maximum absolute atomic E-state index is 12.8. The van der Waals surface area contributed by atoms with Crippen molar-refractivity contribution in [3.63, 3.8) is 0 Å². The molecule has 0 aliphatic rings. The number of hydrogen-bond acceptors (Lipinski definition) is 6. The number of aromatic nitrogens is 1. The van der Waals surface area contributed by atoms with Crippen molar-refractivity contribution >= 4 is 51.6 Å². The van der Waals surface area contributed by atoms with Gasteiger partial charge in [0.2, 0.25) is 5.91 Å². The fourth-order valence-corrected chi connectivity index (χ4v) is 4.39. The molecular weight excluding hydrogens is 430 g/mol. The Bertz CT molecular complexity index is 1020. The second-order valence-corrected chi connectivity index (χ2v) is 8.69. The van der Waals surface area contributed by atoms with E-state index in [1.54, 1.807) is 36.4 Å². The molecule has 6 nitrogen and oxygen atoms in total. The number of thiazole rings is 1. The van der Waals surface area contributed by atoms with E-state index in [9.17, 15) is 9.59 Å². The van der Waals surface area contributed by atoms with E-state index in [0.717, 1.165) is 15.5 Å². The highest BCUT2D eigenvalue weighted by Crippen LogP contribution is 2.32. The zero-order valence-electron chi connectivity index (χ0n) is 15.5. The van der Waals surface area contributed by atoms with Crippen LogP contribution in [0.2, 0.25) is 5.02 Å². The van der Waals surface area contributed by atoms with Gasteiger partial charge in [-0.2, -0.15) is 0 Å². The Kier molecular flexibility index (Phi) is 7.13. The molecule has 3 N–H and O–H groups in total. The number of carbonyl (C=O) groups excluding carboxylic acids is 2. The van der Waals surface area contributed by atoms with Gasteiger partial charge in [-0.25, -0.2) is 4.98 Å². The molecule has 2 amide bonds. The predicted molar refractivity (Wildman–Crippen MR) is 117 cm³/mol. The molecule has 0 saturated heterocycles. The number of halogens is 1. The first-order valence-electron chi connectivity index (χ1n) is 8.58. The Balaban J connectivity index is 1.69. The number of amides is 2. The van der Waals surface area contributed by atoms with Crippen LogP contribution in [0.15, 0.2) is 52.7 Å². The molecule has 0 spiro atoms. The van der Waals surface area contributed by atoms with E-state index in [1.807, 2.05) is 19.1 Å². The van der Waals surface area contributed by atoms with Gasteiger partial charge in [-0.3, -0.25) is 14.9 Å². The molecular formula is C20H18ClN3O3S2. The molecule has 2 aromatic carbocycles. The Morgan fingerprint density at radius 2 is 1.93 bits per heavy atom. The predicted octanol–water partition coefficient (Wildman–Crippen LogP) is 4.51. The van der Waals surface area contributed by atoms with Crippen LogP contribution in [0.4, 0.5) is 5.13 Å². The van der Waals surface area contributed by atoms with Crippen molar-refractivity contribution in [3.05, 3.63) is 70.4 Å². The number of primary amides is 1. The molecule has 0 unspecified atom stereocenters. The van der Waals surface area contributed by atoms with Crippen molar-refractivity contribution < 1.29 is 14.3 Å². The number of anilines is 1. The van der Waals surface area contributed by atoms with Crippen LogP contribution in [0.25, 0.3) is 0 Å².